The van der Waals surface area contributed by atoms with Gasteiger partial charge < -0.3 is 10.6 Å². The second-order valence-electron chi connectivity index (χ2n) is 6.14. The first kappa shape index (κ1) is 16.2. The summed E-state index contributed by atoms with van der Waals surface area (Å²) in [6, 6.07) is 17.7. The van der Waals surface area contributed by atoms with Crippen molar-refractivity contribution in [3.8, 4) is 0 Å². The maximum Gasteiger partial charge on any atom is 0.251 e. The van der Waals surface area contributed by atoms with Crippen LogP contribution in [0.5, 0.6) is 0 Å². The Bertz CT molecular complexity index is 709. The first-order valence-electron chi connectivity index (χ1n) is 8.42. The topological polar surface area (TPSA) is 58.2 Å². The van der Waals surface area contributed by atoms with Gasteiger partial charge in [-0.1, -0.05) is 48.5 Å². The summed E-state index contributed by atoms with van der Waals surface area (Å²) >= 11 is 0. The van der Waals surface area contributed by atoms with Gasteiger partial charge in [-0.15, -0.1) is 0 Å². The average molecular weight is 322 g/mol. The number of rotatable bonds is 7. The highest BCUT2D eigenvalue weighted by Gasteiger charge is 2.29. The maximum atomic E-state index is 12.4. The lowest BCUT2D eigenvalue weighted by molar-refractivity contribution is -0.122. The third-order valence-corrected chi connectivity index (χ3v) is 4.16. The molecule has 2 aromatic rings. The molecule has 24 heavy (non-hydrogen) atoms. The fourth-order valence-electron chi connectivity index (χ4n) is 2.66. The van der Waals surface area contributed by atoms with Crippen molar-refractivity contribution in [3.63, 3.8) is 0 Å². The Labute approximate surface area is 142 Å². The molecule has 0 atom stereocenters. The second-order valence-corrected chi connectivity index (χ2v) is 6.14. The Morgan fingerprint density at radius 3 is 2.29 bits per heavy atom. The molecule has 0 spiro atoms. The van der Waals surface area contributed by atoms with Gasteiger partial charge in [0.2, 0.25) is 5.91 Å². The highest BCUT2D eigenvalue weighted by Crippen LogP contribution is 2.28. The monoisotopic (exact) mass is 322 g/mol. The molecule has 1 aliphatic carbocycles. The molecular formula is C20H22N2O2. The molecular weight excluding hydrogens is 300 g/mol. The van der Waals surface area contributed by atoms with Gasteiger partial charge in [0.05, 0.1) is 0 Å². The van der Waals surface area contributed by atoms with Gasteiger partial charge in [-0.05, 0) is 36.5 Å². The normalized spacial score (nSPS) is 13.3. The zero-order valence-electron chi connectivity index (χ0n) is 13.6. The average Bonchev–Trinajstić information content (AvgIpc) is 3.45. The van der Waals surface area contributed by atoms with E-state index < -0.39 is 0 Å². The number of carbonyl (C=O) groups excluding carboxylic acids is 2. The molecule has 1 saturated carbocycles. The summed E-state index contributed by atoms with van der Waals surface area (Å²) in [6.45, 7) is 0.916. The van der Waals surface area contributed by atoms with Crippen molar-refractivity contribution >= 4 is 11.8 Å². The molecule has 0 saturated heterocycles. The van der Waals surface area contributed by atoms with Gasteiger partial charge >= 0.3 is 0 Å². The third kappa shape index (κ3) is 4.44. The fourth-order valence-corrected chi connectivity index (χ4v) is 2.66. The van der Waals surface area contributed by atoms with Crippen LogP contribution in [0.1, 0.15) is 34.3 Å². The van der Waals surface area contributed by atoms with Crippen LogP contribution in [0.15, 0.2) is 54.6 Å². The predicted octanol–water partition coefficient (Wildman–Crippen LogP) is 2.53. The minimum Gasteiger partial charge on any atom is -0.354 e. The van der Waals surface area contributed by atoms with Crippen molar-refractivity contribution in [2.45, 2.75) is 19.3 Å². The number of hydrogen-bond donors (Lipinski definition) is 2. The molecule has 0 bridgehead atoms. The number of nitrogens with one attached hydrogen (secondary N) is 2. The lowest BCUT2D eigenvalue weighted by atomic mass is 9.99. The molecule has 0 heterocycles. The van der Waals surface area contributed by atoms with E-state index in [0.717, 1.165) is 24.8 Å². The molecule has 0 radical (unpaired) electrons. The smallest absolute Gasteiger partial charge is 0.251 e. The van der Waals surface area contributed by atoms with Crippen LogP contribution >= 0.6 is 0 Å². The van der Waals surface area contributed by atoms with E-state index >= 15 is 0 Å². The number of amides is 2. The van der Waals surface area contributed by atoms with Crippen molar-refractivity contribution in [2.24, 2.45) is 5.92 Å². The maximum absolute atomic E-state index is 12.4. The molecule has 2 aromatic carbocycles. The molecule has 4 nitrogen and oxygen atoms in total. The van der Waals surface area contributed by atoms with E-state index in [1.165, 1.54) is 5.56 Å². The molecule has 0 aliphatic heterocycles. The Morgan fingerprint density at radius 1 is 0.875 bits per heavy atom. The Kier molecular flexibility index (Phi) is 5.26. The van der Waals surface area contributed by atoms with Gasteiger partial charge in [-0.25, -0.2) is 0 Å². The predicted molar refractivity (Wildman–Crippen MR) is 93.8 cm³/mol. The first-order valence-corrected chi connectivity index (χ1v) is 8.42. The minimum absolute atomic E-state index is 0.0952. The Balaban J connectivity index is 1.55. The summed E-state index contributed by atoms with van der Waals surface area (Å²) in [5, 5.41) is 5.74. The first-order chi connectivity index (χ1) is 11.7. The van der Waals surface area contributed by atoms with Crippen molar-refractivity contribution in [1.82, 2.24) is 10.6 Å². The van der Waals surface area contributed by atoms with E-state index in [-0.39, 0.29) is 17.7 Å². The van der Waals surface area contributed by atoms with Crippen LogP contribution in [0.4, 0.5) is 0 Å². The standard InChI is InChI=1S/C20H22N2O2/c23-19(16-10-11-16)21-12-13-22-20(24)18-9-5-4-8-17(18)14-15-6-2-1-3-7-15/h1-9,16H,10-14H2,(H,21,23)(H,22,24). The number of carbonyl (C=O) groups is 2. The van der Waals surface area contributed by atoms with E-state index in [4.69, 9.17) is 0 Å². The highest BCUT2D eigenvalue weighted by molar-refractivity contribution is 5.95. The quantitative estimate of drug-likeness (QED) is 0.770. The van der Waals surface area contributed by atoms with Gasteiger partial charge in [-0.2, -0.15) is 0 Å². The molecule has 1 fully saturated rings. The summed E-state index contributed by atoms with van der Waals surface area (Å²) in [6.07, 6.45) is 2.71. The van der Waals surface area contributed by atoms with Crippen molar-refractivity contribution in [1.29, 1.82) is 0 Å². The van der Waals surface area contributed by atoms with Crippen molar-refractivity contribution in [3.05, 3.63) is 71.3 Å². The molecule has 2 N–H and O–H groups in total. The second kappa shape index (κ2) is 7.77. The summed E-state index contributed by atoms with van der Waals surface area (Å²) < 4.78 is 0. The third-order valence-electron chi connectivity index (χ3n) is 4.16. The van der Waals surface area contributed by atoms with Crippen LogP contribution in [0.3, 0.4) is 0 Å². The van der Waals surface area contributed by atoms with Crippen molar-refractivity contribution < 1.29 is 9.59 Å². The van der Waals surface area contributed by atoms with E-state index in [0.29, 0.717) is 18.7 Å². The highest BCUT2D eigenvalue weighted by atomic mass is 16.2. The van der Waals surface area contributed by atoms with Gasteiger partial charge in [0.25, 0.3) is 5.91 Å². The molecule has 124 valence electrons. The summed E-state index contributed by atoms with van der Waals surface area (Å²) in [5.74, 6) is 0.211. The molecule has 1 aliphatic rings. The van der Waals surface area contributed by atoms with Crippen LogP contribution in [-0.2, 0) is 11.2 Å². The van der Waals surface area contributed by atoms with Gasteiger partial charge in [0.15, 0.2) is 0 Å². The zero-order valence-corrected chi connectivity index (χ0v) is 13.6. The summed E-state index contributed by atoms with van der Waals surface area (Å²) in [4.78, 5) is 24.0. The van der Waals surface area contributed by atoms with Crippen LogP contribution in [-0.4, -0.2) is 24.9 Å². The van der Waals surface area contributed by atoms with E-state index in [2.05, 4.69) is 22.8 Å². The van der Waals surface area contributed by atoms with E-state index in [9.17, 15) is 9.59 Å². The summed E-state index contributed by atoms with van der Waals surface area (Å²) in [7, 11) is 0. The van der Waals surface area contributed by atoms with E-state index in [1.54, 1.807) is 0 Å². The van der Waals surface area contributed by atoms with Gasteiger partial charge in [0.1, 0.15) is 0 Å². The molecule has 2 amide bonds. The number of benzene rings is 2. The van der Waals surface area contributed by atoms with Gasteiger partial charge in [0, 0.05) is 24.6 Å². The van der Waals surface area contributed by atoms with Gasteiger partial charge in [-0.3, -0.25) is 9.59 Å². The Morgan fingerprint density at radius 2 is 1.54 bits per heavy atom. The largest absolute Gasteiger partial charge is 0.354 e. The summed E-state index contributed by atoms with van der Waals surface area (Å²) in [5.41, 5.74) is 2.87. The fraction of sp³-hybridized carbons (Fsp3) is 0.300. The molecule has 0 unspecified atom stereocenters. The molecule has 0 aromatic heterocycles. The lowest BCUT2D eigenvalue weighted by Gasteiger charge is -2.11. The van der Waals surface area contributed by atoms with E-state index in [1.807, 2.05) is 42.5 Å². The molecule has 4 heteroatoms. The van der Waals surface area contributed by atoms with Crippen molar-refractivity contribution in [2.75, 3.05) is 13.1 Å². The van der Waals surface area contributed by atoms with Crippen LogP contribution in [0, 0.1) is 5.92 Å². The van der Waals surface area contributed by atoms with Crippen LogP contribution < -0.4 is 10.6 Å². The SMILES string of the molecule is O=C(NCCNC(=O)C1CC1)c1ccccc1Cc1ccccc1. The Hall–Kier alpha value is -2.62. The minimum atomic E-state index is -0.0952. The lowest BCUT2D eigenvalue weighted by Crippen LogP contribution is -2.35. The molecule has 3 rings (SSSR count). The zero-order chi connectivity index (χ0) is 16.8. The number of hydrogen-bond acceptors (Lipinski definition) is 2. The van der Waals surface area contributed by atoms with Crippen LogP contribution in [0.25, 0.3) is 0 Å². The van der Waals surface area contributed by atoms with Crippen LogP contribution in [0.2, 0.25) is 0 Å².